The van der Waals surface area contributed by atoms with Crippen LogP contribution in [-0.4, -0.2) is 17.5 Å². The smallest absolute Gasteiger partial charge is 0.417 e. The summed E-state index contributed by atoms with van der Waals surface area (Å²) in [5.41, 5.74) is -0.547. The minimum absolute atomic E-state index is 0.169. The number of rotatable bonds is 2. The van der Waals surface area contributed by atoms with Crippen LogP contribution in [0.2, 0.25) is 0 Å². The topological polar surface area (TPSA) is 76.6 Å². The molecule has 21 heavy (non-hydrogen) atoms. The summed E-state index contributed by atoms with van der Waals surface area (Å²) < 4.78 is 5.10. The van der Waals surface area contributed by atoms with E-state index in [0.717, 1.165) is 25.8 Å². The summed E-state index contributed by atoms with van der Waals surface area (Å²) in [5, 5.41) is 12.0. The second-order valence-electron chi connectivity index (χ2n) is 5.38. The number of nitro groups is 1. The molecular formula is C15H16N2O4. The molecule has 1 aliphatic rings. The maximum Gasteiger partial charge on any atom is 0.417 e. The zero-order valence-corrected chi connectivity index (χ0v) is 11.7. The summed E-state index contributed by atoms with van der Waals surface area (Å²) in [6.45, 7) is 2.75. The van der Waals surface area contributed by atoms with Crippen LogP contribution in [0, 0.1) is 10.1 Å². The van der Waals surface area contributed by atoms with Gasteiger partial charge in [-0.15, -0.1) is 0 Å². The number of benzene rings is 1. The molecule has 0 N–H and O–H groups in total. The van der Waals surface area contributed by atoms with Gasteiger partial charge in [0.1, 0.15) is 11.3 Å². The van der Waals surface area contributed by atoms with Gasteiger partial charge in [0, 0.05) is 18.0 Å². The standard InChI is InChI=1S/C15H16N2O4/c1-10-6-4-5-9-16(10)13-11-7-2-3-8-12(11)21-15(18)14(13)17(19)20/h2-3,7-8,10H,4-6,9H2,1H3/t10-/m0/s1. The van der Waals surface area contributed by atoms with Crippen LogP contribution >= 0.6 is 0 Å². The molecule has 0 spiro atoms. The van der Waals surface area contributed by atoms with Crippen LogP contribution in [-0.2, 0) is 0 Å². The van der Waals surface area contributed by atoms with Crippen LogP contribution in [0.4, 0.5) is 11.4 Å². The maximum absolute atomic E-state index is 12.0. The average Bonchev–Trinajstić information content (AvgIpc) is 2.46. The second kappa shape index (κ2) is 5.20. The van der Waals surface area contributed by atoms with E-state index >= 15 is 0 Å². The molecule has 2 aromatic rings. The molecule has 3 rings (SSSR count). The fourth-order valence-corrected chi connectivity index (χ4v) is 3.01. The molecule has 0 radical (unpaired) electrons. The van der Waals surface area contributed by atoms with E-state index in [0.29, 0.717) is 16.7 Å². The molecule has 0 aliphatic carbocycles. The van der Waals surface area contributed by atoms with Crippen LogP contribution in [0.25, 0.3) is 11.0 Å². The summed E-state index contributed by atoms with van der Waals surface area (Å²) in [7, 11) is 0. The second-order valence-corrected chi connectivity index (χ2v) is 5.38. The van der Waals surface area contributed by atoms with E-state index in [2.05, 4.69) is 0 Å². The molecule has 0 amide bonds. The predicted molar refractivity (Wildman–Crippen MR) is 79.8 cm³/mol. The molecule has 1 saturated heterocycles. The van der Waals surface area contributed by atoms with Gasteiger partial charge in [0.25, 0.3) is 0 Å². The summed E-state index contributed by atoms with van der Waals surface area (Å²) in [6.07, 6.45) is 3.03. The maximum atomic E-state index is 12.0. The Kier molecular flexibility index (Phi) is 3.37. The number of para-hydroxylation sites is 1. The molecule has 6 nitrogen and oxygen atoms in total. The van der Waals surface area contributed by atoms with E-state index in [1.54, 1.807) is 24.3 Å². The summed E-state index contributed by atoms with van der Waals surface area (Å²) in [5.74, 6) is 0. The molecule has 1 aromatic carbocycles. The van der Waals surface area contributed by atoms with E-state index in [1.165, 1.54) is 0 Å². The Labute approximate surface area is 121 Å². The highest BCUT2D eigenvalue weighted by atomic mass is 16.6. The van der Waals surface area contributed by atoms with Crippen molar-refractivity contribution in [3.05, 3.63) is 44.8 Å². The zero-order valence-electron chi connectivity index (χ0n) is 11.7. The molecular weight excluding hydrogens is 272 g/mol. The van der Waals surface area contributed by atoms with Gasteiger partial charge in [0.05, 0.1) is 4.92 Å². The van der Waals surface area contributed by atoms with Crippen LogP contribution in [0.15, 0.2) is 33.5 Å². The van der Waals surface area contributed by atoms with Gasteiger partial charge in [0.2, 0.25) is 0 Å². The average molecular weight is 288 g/mol. The van der Waals surface area contributed by atoms with E-state index in [4.69, 9.17) is 4.42 Å². The Bertz CT molecular complexity index is 753. The van der Waals surface area contributed by atoms with Crippen molar-refractivity contribution in [3.8, 4) is 0 Å². The normalized spacial score (nSPS) is 18.9. The SMILES string of the molecule is C[C@H]1CCCCN1c1c([N+](=O)[O-])c(=O)oc2ccccc12. The Morgan fingerprint density at radius 2 is 2.10 bits per heavy atom. The first-order valence-corrected chi connectivity index (χ1v) is 7.06. The molecule has 110 valence electrons. The highest BCUT2D eigenvalue weighted by Gasteiger charge is 2.31. The van der Waals surface area contributed by atoms with E-state index < -0.39 is 16.2 Å². The first kappa shape index (κ1) is 13.6. The lowest BCUT2D eigenvalue weighted by Crippen LogP contribution is -2.38. The molecule has 2 heterocycles. The van der Waals surface area contributed by atoms with Crippen molar-refractivity contribution >= 4 is 22.3 Å². The van der Waals surface area contributed by atoms with Crippen LogP contribution < -0.4 is 10.5 Å². The highest BCUT2D eigenvalue weighted by Crippen LogP contribution is 2.36. The third-order valence-corrected chi connectivity index (χ3v) is 4.04. The minimum Gasteiger partial charge on any atom is -0.418 e. The quantitative estimate of drug-likeness (QED) is 0.482. The minimum atomic E-state index is -0.883. The van der Waals surface area contributed by atoms with E-state index in [-0.39, 0.29) is 6.04 Å². The lowest BCUT2D eigenvalue weighted by molar-refractivity contribution is -0.386. The van der Waals surface area contributed by atoms with Gasteiger partial charge >= 0.3 is 11.3 Å². The lowest BCUT2D eigenvalue weighted by atomic mass is 10.0. The highest BCUT2D eigenvalue weighted by molar-refractivity contribution is 5.95. The van der Waals surface area contributed by atoms with Crippen molar-refractivity contribution < 1.29 is 9.34 Å². The van der Waals surface area contributed by atoms with Gasteiger partial charge in [-0.1, -0.05) is 12.1 Å². The molecule has 0 bridgehead atoms. The van der Waals surface area contributed by atoms with Crippen molar-refractivity contribution in [1.82, 2.24) is 0 Å². The van der Waals surface area contributed by atoms with Crippen molar-refractivity contribution in [2.45, 2.75) is 32.2 Å². The molecule has 0 unspecified atom stereocenters. The van der Waals surface area contributed by atoms with Crippen LogP contribution in [0.3, 0.4) is 0 Å². The summed E-state index contributed by atoms with van der Waals surface area (Å²) >= 11 is 0. The molecule has 1 fully saturated rings. The van der Waals surface area contributed by atoms with Crippen molar-refractivity contribution in [3.63, 3.8) is 0 Å². The predicted octanol–water partition coefficient (Wildman–Crippen LogP) is 3.08. The van der Waals surface area contributed by atoms with Crippen molar-refractivity contribution in [2.75, 3.05) is 11.4 Å². The number of fused-ring (bicyclic) bond motifs is 1. The largest absolute Gasteiger partial charge is 0.418 e. The molecule has 1 atom stereocenters. The van der Waals surface area contributed by atoms with Gasteiger partial charge in [-0.05, 0) is 38.3 Å². The monoisotopic (exact) mass is 288 g/mol. The number of hydrogen-bond acceptors (Lipinski definition) is 5. The first-order valence-electron chi connectivity index (χ1n) is 7.06. The Morgan fingerprint density at radius 1 is 1.33 bits per heavy atom. The molecule has 6 heteroatoms. The summed E-state index contributed by atoms with van der Waals surface area (Å²) in [4.78, 5) is 24.7. The molecule has 1 aliphatic heterocycles. The van der Waals surface area contributed by atoms with Gasteiger partial charge in [0.15, 0.2) is 0 Å². The fraction of sp³-hybridized carbons (Fsp3) is 0.400. The number of nitrogens with zero attached hydrogens (tertiary/aromatic N) is 2. The molecule has 0 saturated carbocycles. The van der Waals surface area contributed by atoms with Gasteiger partial charge < -0.3 is 9.32 Å². The summed E-state index contributed by atoms with van der Waals surface area (Å²) in [6, 6.07) is 7.15. The fourth-order valence-electron chi connectivity index (χ4n) is 3.01. The lowest BCUT2D eigenvalue weighted by Gasteiger charge is -2.35. The van der Waals surface area contributed by atoms with E-state index in [9.17, 15) is 14.9 Å². The number of anilines is 1. The third-order valence-electron chi connectivity index (χ3n) is 4.04. The first-order chi connectivity index (χ1) is 10.1. The van der Waals surface area contributed by atoms with Gasteiger partial charge in [-0.25, -0.2) is 4.79 Å². The Morgan fingerprint density at radius 3 is 2.81 bits per heavy atom. The van der Waals surface area contributed by atoms with Crippen LogP contribution in [0.5, 0.6) is 0 Å². The number of piperidine rings is 1. The van der Waals surface area contributed by atoms with Gasteiger partial charge in [-0.3, -0.25) is 10.1 Å². The van der Waals surface area contributed by atoms with E-state index in [1.807, 2.05) is 11.8 Å². The molecule has 1 aromatic heterocycles. The van der Waals surface area contributed by atoms with Crippen molar-refractivity contribution in [1.29, 1.82) is 0 Å². The van der Waals surface area contributed by atoms with Gasteiger partial charge in [-0.2, -0.15) is 0 Å². The zero-order chi connectivity index (χ0) is 15.0. The Hall–Kier alpha value is -2.37. The number of hydrogen-bond donors (Lipinski definition) is 0. The Balaban J connectivity index is 2.33. The van der Waals surface area contributed by atoms with Crippen molar-refractivity contribution in [2.24, 2.45) is 0 Å². The van der Waals surface area contributed by atoms with Crippen LogP contribution in [0.1, 0.15) is 26.2 Å². The third kappa shape index (κ3) is 2.26.